The maximum Gasteiger partial charge on any atom is 0.225 e. The second-order valence-electron chi connectivity index (χ2n) is 6.84. The standard InChI is InChI=1S/C10H10ClN3OS.C6H2Cl2N2S.C4H9NO/c11-10-12-8(14-2-4-15-5-3-14)7-1-6-16-9(7)13-10;7-4-3-1-2-11-5(3)10-6(8)9-4;1-3-6-4-2-5-1/h1,6H,2-5H2;1-2H;5H,1-4H2. The number of thiophene rings is 2. The summed E-state index contributed by atoms with van der Waals surface area (Å²) in [6.07, 6.45) is 0. The molecule has 2 saturated heterocycles. The molecule has 33 heavy (non-hydrogen) atoms. The largest absolute Gasteiger partial charge is 0.379 e. The number of halogens is 3. The third-order valence-electron chi connectivity index (χ3n) is 4.69. The zero-order valence-electron chi connectivity index (χ0n) is 17.5. The van der Waals surface area contributed by atoms with Crippen LogP contribution in [0.5, 0.6) is 0 Å². The van der Waals surface area contributed by atoms with Crippen molar-refractivity contribution in [2.75, 3.05) is 57.5 Å². The minimum atomic E-state index is 0.199. The predicted molar refractivity (Wildman–Crippen MR) is 137 cm³/mol. The van der Waals surface area contributed by atoms with Gasteiger partial charge in [-0.2, -0.15) is 4.98 Å². The number of morpholine rings is 2. The van der Waals surface area contributed by atoms with Gasteiger partial charge in [-0.05, 0) is 46.1 Å². The lowest BCUT2D eigenvalue weighted by molar-refractivity contribution is 0.109. The van der Waals surface area contributed by atoms with Crippen molar-refractivity contribution in [3.8, 4) is 0 Å². The van der Waals surface area contributed by atoms with Gasteiger partial charge in [-0.3, -0.25) is 0 Å². The number of anilines is 1. The van der Waals surface area contributed by atoms with E-state index in [2.05, 4.69) is 30.2 Å². The molecule has 0 aliphatic carbocycles. The van der Waals surface area contributed by atoms with Gasteiger partial charge in [0.15, 0.2) is 0 Å². The smallest absolute Gasteiger partial charge is 0.225 e. The lowest BCUT2D eigenvalue weighted by Crippen LogP contribution is -2.36. The molecule has 0 radical (unpaired) electrons. The Morgan fingerprint density at radius 3 is 1.94 bits per heavy atom. The van der Waals surface area contributed by atoms with E-state index in [1.165, 1.54) is 11.3 Å². The molecule has 0 bridgehead atoms. The summed E-state index contributed by atoms with van der Waals surface area (Å²) in [5.74, 6) is 0.930. The van der Waals surface area contributed by atoms with Crippen LogP contribution in [0.2, 0.25) is 15.7 Å². The highest BCUT2D eigenvalue weighted by Crippen LogP contribution is 2.29. The minimum absolute atomic E-state index is 0.199. The molecule has 0 spiro atoms. The molecule has 6 heterocycles. The van der Waals surface area contributed by atoms with Crippen LogP contribution in [0.15, 0.2) is 22.9 Å². The van der Waals surface area contributed by atoms with Gasteiger partial charge in [0.2, 0.25) is 10.6 Å². The average molecular weight is 548 g/mol. The van der Waals surface area contributed by atoms with Crippen molar-refractivity contribution in [2.45, 2.75) is 0 Å². The molecular weight excluding hydrogens is 527 g/mol. The Hall–Kier alpha value is -1.37. The van der Waals surface area contributed by atoms with Gasteiger partial charge in [0.1, 0.15) is 20.6 Å². The highest BCUT2D eigenvalue weighted by atomic mass is 35.5. The van der Waals surface area contributed by atoms with E-state index in [9.17, 15) is 0 Å². The molecule has 2 aliphatic heterocycles. The van der Waals surface area contributed by atoms with Crippen molar-refractivity contribution in [3.63, 3.8) is 0 Å². The van der Waals surface area contributed by atoms with Gasteiger partial charge in [-0.15, -0.1) is 22.7 Å². The molecule has 2 aliphatic rings. The van der Waals surface area contributed by atoms with Crippen LogP contribution in [0, 0.1) is 0 Å². The Balaban J connectivity index is 0.000000132. The molecule has 0 unspecified atom stereocenters. The summed E-state index contributed by atoms with van der Waals surface area (Å²) in [5, 5.41) is 9.95. The fourth-order valence-electron chi connectivity index (χ4n) is 3.14. The number of rotatable bonds is 1. The third kappa shape index (κ3) is 6.83. The normalized spacial score (nSPS) is 16.2. The fourth-order valence-corrected chi connectivity index (χ4v) is 5.43. The van der Waals surface area contributed by atoms with Crippen molar-refractivity contribution >= 4 is 83.7 Å². The summed E-state index contributed by atoms with van der Waals surface area (Å²) >= 11 is 20.4. The van der Waals surface area contributed by atoms with E-state index < -0.39 is 0 Å². The third-order valence-corrected chi connectivity index (χ3v) is 6.93. The Morgan fingerprint density at radius 2 is 1.33 bits per heavy atom. The Labute approximate surface area is 213 Å². The second-order valence-corrected chi connectivity index (χ2v) is 9.66. The SMILES string of the molecule is C1COCCN1.Clc1nc(Cl)c2ccsc2n1.Clc1nc(N2CCOCC2)c2ccsc2n1. The van der Waals surface area contributed by atoms with E-state index in [0.717, 1.165) is 78.9 Å². The van der Waals surface area contributed by atoms with Crippen LogP contribution in [0.4, 0.5) is 5.82 Å². The number of aromatic nitrogens is 4. The molecule has 0 atom stereocenters. The molecule has 13 heteroatoms. The van der Waals surface area contributed by atoms with Crippen LogP contribution in [0.25, 0.3) is 20.4 Å². The summed E-state index contributed by atoms with van der Waals surface area (Å²) in [6.45, 7) is 7.04. The zero-order chi connectivity index (χ0) is 23.0. The molecule has 0 amide bonds. The summed E-state index contributed by atoms with van der Waals surface area (Å²) in [6, 6.07) is 3.92. The van der Waals surface area contributed by atoms with E-state index in [-0.39, 0.29) is 5.28 Å². The first-order valence-electron chi connectivity index (χ1n) is 10.2. The summed E-state index contributed by atoms with van der Waals surface area (Å²) in [7, 11) is 0. The average Bonchev–Trinajstić information content (AvgIpc) is 3.51. The van der Waals surface area contributed by atoms with Crippen LogP contribution in [-0.4, -0.2) is 72.5 Å². The van der Waals surface area contributed by atoms with E-state index in [4.69, 9.17) is 44.3 Å². The van der Waals surface area contributed by atoms with Crippen LogP contribution in [0.3, 0.4) is 0 Å². The van der Waals surface area contributed by atoms with Crippen molar-refractivity contribution in [2.24, 2.45) is 0 Å². The number of nitrogens with zero attached hydrogens (tertiary/aromatic N) is 5. The molecule has 4 aromatic heterocycles. The number of nitrogens with one attached hydrogen (secondary N) is 1. The maximum absolute atomic E-state index is 5.93. The topological polar surface area (TPSA) is 85.3 Å². The lowest BCUT2D eigenvalue weighted by atomic mass is 10.3. The van der Waals surface area contributed by atoms with Gasteiger partial charge in [-0.1, -0.05) is 11.6 Å². The second kappa shape index (κ2) is 12.4. The number of ether oxygens (including phenoxy) is 2. The maximum atomic E-state index is 5.93. The first kappa shape index (κ1) is 24.7. The number of fused-ring (bicyclic) bond motifs is 2. The number of hydrogen-bond acceptors (Lipinski definition) is 10. The Bertz CT molecular complexity index is 1170. The van der Waals surface area contributed by atoms with Gasteiger partial charge in [-0.25, -0.2) is 15.0 Å². The predicted octanol–water partition coefficient (Wildman–Crippen LogP) is 4.79. The first-order chi connectivity index (χ1) is 16.1. The molecule has 0 saturated carbocycles. The van der Waals surface area contributed by atoms with E-state index in [1.807, 2.05) is 22.9 Å². The highest BCUT2D eigenvalue weighted by molar-refractivity contribution is 7.17. The van der Waals surface area contributed by atoms with Crippen LogP contribution < -0.4 is 10.2 Å². The molecular formula is C20H21Cl3N6O2S2. The first-order valence-corrected chi connectivity index (χ1v) is 13.1. The Morgan fingerprint density at radius 1 is 0.758 bits per heavy atom. The molecule has 0 aromatic carbocycles. The van der Waals surface area contributed by atoms with Crippen molar-refractivity contribution in [1.29, 1.82) is 0 Å². The summed E-state index contributed by atoms with van der Waals surface area (Å²) in [4.78, 5) is 20.3. The molecule has 6 rings (SSSR count). The van der Waals surface area contributed by atoms with Crippen molar-refractivity contribution in [1.82, 2.24) is 25.3 Å². The van der Waals surface area contributed by atoms with Crippen LogP contribution >= 0.6 is 57.5 Å². The van der Waals surface area contributed by atoms with Gasteiger partial charge in [0.05, 0.1) is 31.8 Å². The van der Waals surface area contributed by atoms with Crippen molar-refractivity contribution in [3.05, 3.63) is 38.6 Å². The molecule has 1 N–H and O–H groups in total. The van der Waals surface area contributed by atoms with Crippen molar-refractivity contribution < 1.29 is 9.47 Å². The summed E-state index contributed by atoms with van der Waals surface area (Å²) in [5.41, 5.74) is 0. The van der Waals surface area contributed by atoms with Crippen LogP contribution in [0.1, 0.15) is 0 Å². The zero-order valence-corrected chi connectivity index (χ0v) is 21.4. The molecule has 4 aromatic rings. The monoisotopic (exact) mass is 546 g/mol. The van der Waals surface area contributed by atoms with Gasteiger partial charge in [0.25, 0.3) is 0 Å². The Kier molecular flexibility index (Phi) is 9.27. The van der Waals surface area contributed by atoms with Crippen LogP contribution in [-0.2, 0) is 9.47 Å². The van der Waals surface area contributed by atoms with Gasteiger partial charge >= 0.3 is 0 Å². The van der Waals surface area contributed by atoms with Gasteiger partial charge < -0.3 is 19.7 Å². The minimum Gasteiger partial charge on any atom is -0.379 e. The van der Waals surface area contributed by atoms with E-state index in [1.54, 1.807) is 11.3 Å². The molecule has 8 nitrogen and oxygen atoms in total. The van der Waals surface area contributed by atoms with Gasteiger partial charge in [0, 0.05) is 31.6 Å². The number of hydrogen-bond donors (Lipinski definition) is 1. The summed E-state index contributed by atoms with van der Waals surface area (Å²) < 4.78 is 10.3. The fraction of sp³-hybridized carbons (Fsp3) is 0.400. The van der Waals surface area contributed by atoms with E-state index in [0.29, 0.717) is 10.4 Å². The highest BCUT2D eigenvalue weighted by Gasteiger charge is 2.17. The lowest BCUT2D eigenvalue weighted by Gasteiger charge is -2.28. The quantitative estimate of drug-likeness (QED) is 0.269. The molecule has 2 fully saturated rings. The van der Waals surface area contributed by atoms with E-state index >= 15 is 0 Å². The molecule has 176 valence electrons.